The van der Waals surface area contributed by atoms with Crippen LogP contribution in [0.15, 0.2) is 52.9 Å². The highest BCUT2D eigenvalue weighted by molar-refractivity contribution is 7.89. The number of nitrogens with zero attached hydrogens (tertiary/aromatic N) is 1. The van der Waals surface area contributed by atoms with Gasteiger partial charge in [-0.05, 0) is 49.4 Å². The van der Waals surface area contributed by atoms with Crippen LogP contribution in [0, 0.1) is 0 Å². The molecule has 142 valence electrons. The summed E-state index contributed by atoms with van der Waals surface area (Å²) in [7, 11) is -2.14. The average molecular weight is 406 g/mol. The highest BCUT2D eigenvalue weighted by Gasteiger charge is 2.17. The summed E-state index contributed by atoms with van der Waals surface area (Å²) in [5, 5.41) is 2.76. The molecule has 1 aromatic heterocycles. The second-order valence-electron chi connectivity index (χ2n) is 5.99. The summed E-state index contributed by atoms with van der Waals surface area (Å²) in [5.74, 6) is -0.271. The average Bonchev–Trinajstić information content (AvgIpc) is 3.09. The molecule has 0 bridgehead atoms. The van der Waals surface area contributed by atoms with E-state index in [1.165, 1.54) is 30.6 Å². The molecule has 3 rings (SSSR count). The summed E-state index contributed by atoms with van der Waals surface area (Å²) in [6.07, 6.45) is 0. The first kappa shape index (κ1) is 19.4. The zero-order valence-corrected chi connectivity index (χ0v) is 16.4. The minimum Gasteiger partial charge on any atom is -0.383 e. The predicted octanol–water partition coefficient (Wildman–Crippen LogP) is 2.86. The SMILES string of the molecule is COCC(C)NS(=O)(=O)c1ccc(NC(=O)c2ccc3ncsc3c2)cc1. The number of nitrogens with one attached hydrogen (secondary N) is 2. The quantitative estimate of drug-likeness (QED) is 0.630. The topological polar surface area (TPSA) is 97.4 Å². The fraction of sp³-hybridized carbons (Fsp3) is 0.222. The number of carbonyl (C=O) groups excluding carboxylic acids is 1. The lowest BCUT2D eigenvalue weighted by Gasteiger charge is -2.13. The largest absolute Gasteiger partial charge is 0.383 e. The third-order valence-electron chi connectivity index (χ3n) is 3.79. The van der Waals surface area contributed by atoms with Crippen molar-refractivity contribution < 1.29 is 17.9 Å². The summed E-state index contributed by atoms with van der Waals surface area (Å²) < 4.78 is 33.0. The molecule has 2 N–H and O–H groups in total. The monoisotopic (exact) mass is 405 g/mol. The van der Waals surface area contributed by atoms with Crippen molar-refractivity contribution in [2.75, 3.05) is 19.0 Å². The minimum atomic E-state index is -3.65. The maximum Gasteiger partial charge on any atom is 0.255 e. The van der Waals surface area contributed by atoms with E-state index < -0.39 is 10.0 Å². The van der Waals surface area contributed by atoms with Crippen molar-refractivity contribution in [1.29, 1.82) is 0 Å². The molecule has 0 aliphatic heterocycles. The van der Waals surface area contributed by atoms with Crippen molar-refractivity contribution in [2.45, 2.75) is 17.9 Å². The van der Waals surface area contributed by atoms with Crippen LogP contribution in [0.2, 0.25) is 0 Å². The molecule has 0 saturated carbocycles. The highest BCUT2D eigenvalue weighted by atomic mass is 32.2. The van der Waals surface area contributed by atoms with Crippen LogP contribution >= 0.6 is 11.3 Å². The van der Waals surface area contributed by atoms with Crippen LogP contribution in [-0.4, -0.2) is 39.1 Å². The Kier molecular flexibility index (Phi) is 5.85. The predicted molar refractivity (Wildman–Crippen MR) is 106 cm³/mol. The number of thiazole rings is 1. The van der Waals surface area contributed by atoms with Crippen molar-refractivity contribution >= 4 is 43.2 Å². The molecule has 0 aliphatic rings. The van der Waals surface area contributed by atoms with Crippen LogP contribution in [0.5, 0.6) is 0 Å². The zero-order valence-electron chi connectivity index (χ0n) is 14.8. The molecular weight excluding hydrogens is 386 g/mol. The Bertz CT molecular complexity index is 1050. The number of carbonyl (C=O) groups is 1. The van der Waals surface area contributed by atoms with Crippen LogP contribution < -0.4 is 10.0 Å². The van der Waals surface area contributed by atoms with Crippen molar-refractivity contribution in [3.8, 4) is 0 Å². The van der Waals surface area contributed by atoms with Gasteiger partial charge in [-0.3, -0.25) is 4.79 Å². The summed E-state index contributed by atoms with van der Waals surface area (Å²) >= 11 is 1.46. The van der Waals surface area contributed by atoms with Crippen LogP contribution in [-0.2, 0) is 14.8 Å². The number of amides is 1. The fourth-order valence-corrected chi connectivity index (χ4v) is 4.48. The zero-order chi connectivity index (χ0) is 19.4. The first-order valence-electron chi connectivity index (χ1n) is 8.15. The van der Waals surface area contributed by atoms with E-state index >= 15 is 0 Å². The van der Waals surface area contributed by atoms with Gasteiger partial charge in [0.1, 0.15) is 0 Å². The molecule has 1 unspecified atom stereocenters. The van der Waals surface area contributed by atoms with E-state index in [2.05, 4.69) is 15.0 Å². The van der Waals surface area contributed by atoms with E-state index in [1.807, 2.05) is 0 Å². The third-order valence-corrected chi connectivity index (χ3v) is 6.19. The van der Waals surface area contributed by atoms with Gasteiger partial charge >= 0.3 is 0 Å². The van der Waals surface area contributed by atoms with Crippen LogP contribution in [0.25, 0.3) is 10.2 Å². The Hall–Kier alpha value is -2.33. The van der Waals surface area contributed by atoms with Crippen molar-refractivity contribution in [2.24, 2.45) is 0 Å². The van der Waals surface area contributed by atoms with E-state index in [0.29, 0.717) is 11.3 Å². The summed E-state index contributed by atoms with van der Waals surface area (Å²) in [4.78, 5) is 16.7. The standard InChI is InChI=1S/C18H19N3O4S2/c1-12(10-25-2)21-27(23,24)15-6-4-14(5-7-15)20-18(22)13-3-8-16-17(9-13)26-11-19-16/h3-9,11-12,21H,10H2,1-2H3,(H,20,22). The van der Waals surface area contributed by atoms with Gasteiger partial charge in [0.25, 0.3) is 5.91 Å². The van der Waals surface area contributed by atoms with Gasteiger partial charge in [0.15, 0.2) is 0 Å². The molecule has 0 aliphatic carbocycles. The number of sulfonamides is 1. The Morgan fingerprint density at radius 3 is 2.67 bits per heavy atom. The van der Waals surface area contributed by atoms with Gasteiger partial charge in [0, 0.05) is 24.4 Å². The molecule has 2 aromatic carbocycles. The van der Waals surface area contributed by atoms with E-state index in [9.17, 15) is 13.2 Å². The lowest BCUT2D eigenvalue weighted by atomic mass is 10.2. The second kappa shape index (κ2) is 8.13. The smallest absolute Gasteiger partial charge is 0.255 e. The van der Waals surface area contributed by atoms with Gasteiger partial charge in [-0.1, -0.05) is 0 Å². The number of anilines is 1. The second-order valence-corrected chi connectivity index (χ2v) is 8.59. The molecule has 0 saturated heterocycles. The highest BCUT2D eigenvalue weighted by Crippen LogP contribution is 2.20. The molecule has 7 nitrogen and oxygen atoms in total. The molecule has 3 aromatic rings. The van der Waals surface area contributed by atoms with Gasteiger partial charge in [0.05, 0.1) is 27.2 Å². The number of hydrogen-bond acceptors (Lipinski definition) is 6. The number of aromatic nitrogens is 1. The van der Waals surface area contributed by atoms with Crippen molar-refractivity contribution in [3.63, 3.8) is 0 Å². The van der Waals surface area contributed by atoms with E-state index in [-0.39, 0.29) is 23.5 Å². The molecule has 1 atom stereocenters. The van der Waals surface area contributed by atoms with Crippen LogP contribution in [0.3, 0.4) is 0 Å². The Balaban J connectivity index is 1.70. The molecular formula is C18H19N3O4S2. The molecule has 0 fully saturated rings. The van der Waals surface area contributed by atoms with Gasteiger partial charge in [-0.15, -0.1) is 11.3 Å². The molecule has 1 heterocycles. The number of methoxy groups -OCH3 is 1. The van der Waals surface area contributed by atoms with Crippen LogP contribution in [0.4, 0.5) is 5.69 Å². The molecule has 0 spiro atoms. The fourth-order valence-electron chi connectivity index (χ4n) is 2.53. The summed E-state index contributed by atoms with van der Waals surface area (Å²) in [5.41, 5.74) is 3.60. The molecule has 0 radical (unpaired) electrons. The molecule has 9 heteroatoms. The Labute approximate surface area is 161 Å². The molecule has 27 heavy (non-hydrogen) atoms. The van der Waals surface area contributed by atoms with Gasteiger partial charge in [-0.2, -0.15) is 0 Å². The lowest BCUT2D eigenvalue weighted by molar-refractivity contribution is 0.102. The van der Waals surface area contributed by atoms with Crippen molar-refractivity contribution in [1.82, 2.24) is 9.71 Å². The van der Waals surface area contributed by atoms with E-state index in [0.717, 1.165) is 10.2 Å². The lowest BCUT2D eigenvalue weighted by Crippen LogP contribution is -2.35. The summed E-state index contributed by atoms with van der Waals surface area (Å²) in [6.45, 7) is 1.99. The number of ether oxygens (including phenoxy) is 1. The summed E-state index contributed by atoms with van der Waals surface area (Å²) in [6, 6.07) is 10.9. The maximum atomic E-state index is 12.4. The normalized spacial score (nSPS) is 12.8. The number of fused-ring (bicyclic) bond motifs is 1. The number of benzene rings is 2. The van der Waals surface area contributed by atoms with Gasteiger partial charge < -0.3 is 10.1 Å². The number of rotatable bonds is 7. The van der Waals surface area contributed by atoms with E-state index in [4.69, 9.17) is 4.74 Å². The van der Waals surface area contributed by atoms with Crippen LogP contribution in [0.1, 0.15) is 17.3 Å². The first-order chi connectivity index (χ1) is 12.9. The van der Waals surface area contributed by atoms with Crippen molar-refractivity contribution in [3.05, 3.63) is 53.5 Å². The third kappa shape index (κ3) is 4.69. The van der Waals surface area contributed by atoms with E-state index in [1.54, 1.807) is 42.8 Å². The van der Waals surface area contributed by atoms with Gasteiger partial charge in [-0.25, -0.2) is 18.1 Å². The maximum absolute atomic E-state index is 12.4. The molecule has 1 amide bonds. The van der Waals surface area contributed by atoms with Gasteiger partial charge in [0.2, 0.25) is 10.0 Å². The Morgan fingerprint density at radius 1 is 1.22 bits per heavy atom. The minimum absolute atomic E-state index is 0.120. The first-order valence-corrected chi connectivity index (χ1v) is 10.5. The number of hydrogen-bond donors (Lipinski definition) is 2. The Morgan fingerprint density at radius 2 is 1.96 bits per heavy atom.